The Morgan fingerprint density at radius 3 is 3.00 bits per heavy atom. The lowest BCUT2D eigenvalue weighted by Crippen LogP contribution is -2.26. The Balaban J connectivity index is 1.79. The fourth-order valence-electron chi connectivity index (χ4n) is 2.74. The summed E-state index contributed by atoms with van der Waals surface area (Å²) in [5, 5.41) is 11.8. The lowest BCUT2D eigenvalue weighted by molar-refractivity contribution is 0.0780. The maximum atomic E-state index is 12.6. The van der Waals surface area contributed by atoms with Gasteiger partial charge in [0.15, 0.2) is 11.4 Å². The minimum atomic E-state index is 0.0157. The van der Waals surface area contributed by atoms with Crippen molar-refractivity contribution in [3.05, 3.63) is 59.4 Å². The number of hydrogen-bond donors (Lipinski definition) is 1. The fourth-order valence-corrected chi connectivity index (χ4v) is 3.07. The molecule has 1 aromatic carbocycles. The molecule has 0 bridgehead atoms. The van der Waals surface area contributed by atoms with E-state index in [0.717, 1.165) is 16.9 Å². The van der Waals surface area contributed by atoms with Crippen LogP contribution in [0.5, 0.6) is 0 Å². The molecule has 7 heteroatoms. The molecule has 0 atom stereocenters. The van der Waals surface area contributed by atoms with Crippen LogP contribution in [0.4, 0.5) is 5.69 Å². The summed E-state index contributed by atoms with van der Waals surface area (Å²) < 4.78 is 0. The van der Waals surface area contributed by atoms with Crippen molar-refractivity contribution in [3.8, 4) is 6.19 Å². The van der Waals surface area contributed by atoms with Crippen molar-refractivity contribution >= 4 is 28.5 Å². The molecular weight excluding hydrogens is 334 g/mol. The zero-order chi connectivity index (χ0) is 17.6. The van der Waals surface area contributed by atoms with Crippen molar-refractivity contribution in [1.29, 1.82) is 5.26 Å². The first-order valence-corrected chi connectivity index (χ1v) is 9.04. The minimum absolute atomic E-state index is 0.0157. The topological polar surface area (TPSA) is 81.4 Å². The summed E-state index contributed by atoms with van der Waals surface area (Å²) in [7, 11) is 0. The first-order chi connectivity index (χ1) is 12.2. The van der Waals surface area contributed by atoms with E-state index in [1.165, 1.54) is 11.8 Å². The lowest BCUT2D eigenvalue weighted by atomic mass is 10.1. The summed E-state index contributed by atoms with van der Waals surface area (Å²) in [5.41, 5.74) is 3.27. The van der Waals surface area contributed by atoms with Crippen molar-refractivity contribution in [2.75, 3.05) is 12.8 Å². The molecule has 2 heterocycles. The number of aromatic nitrogens is 1. The molecule has 1 aliphatic heterocycles. The van der Waals surface area contributed by atoms with Crippen molar-refractivity contribution in [1.82, 2.24) is 15.2 Å². The summed E-state index contributed by atoms with van der Waals surface area (Å²) >= 11 is 1.35. The average molecular weight is 351 g/mol. The van der Waals surface area contributed by atoms with Gasteiger partial charge in [-0.1, -0.05) is 23.9 Å². The second kappa shape index (κ2) is 7.81. The molecule has 0 unspecified atom stereocenters. The molecule has 126 valence electrons. The van der Waals surface area contributed by atoms with Gasteiger partial charge in [0.05, 0.1) is 5.69 Å². The van der Waals surface area contributed by atoms with Gasteiger partial charge in [-0.15, -0.1) is 0 Å². The Hall–Kier alpha value is -2.85. The van der Waals surface area contributed by atoms with Crippen molar-refractivity contribution in [2.24, 2.45) is 4.99 Å². The summed E-state index contributed by atoms with van der Waals surface area (Å²) in [6.45, 7) is 1.13. The van der Waals surface area contributed by atoms with Crippen molar-refractivity contribution < 1.29 is 4.79 Å². The van der Waals surface area contributed by atoms with Crippen LogP contribution in [0.2, 0.25) is 0 Å². The van der Waals surface area contributed by atoms with Crippen molar-refractivity contribution in [3.63, 3.8) is 0 Å². The van der Waals surface area contributed by atoms with Gasteiger partial charge < -0.3 is 4.90 Å². The van der Waals surface area contributed by atoms with Crippen LogP contribution in [-0.2, 0) is 13.0 Å². The van der Waals surface area contributed by atoms with E-state index in [4.69, 9.17) is 5.26 Å². The number of nitrogens with zero attached hydrogens (tertiary/aromatic N) is 4. The van der Waals surface area contributed by atoms with Gasteiger partial charge in [0, 0.05) is 42.5 Å². The van der Waals surface area contributed by atoms with E-state index in [1.54, 1.807) is 6.20 Å². The van der Waals surface area contributed by atoms with Gasteiger partial charge >= 0.3 is 0 Å². The Labute approximate surface area is 150 Å². The van der Waals surface area contributed by atoms with Crippen LogP contribution >= 0.6 is 11.8 Å². The van der Waals surface area contributed by atoms with E-state index in [2.05, 4.69) is 15.3 Å². The van der Waals surface area contributed by atoms with Gasteiger partial charge in [0.1, 0.15) is 0 Å². The first kappa shape index (κ1) is 17.0. The molecule has 1 aliphatic rings. The van der Waals surface area contributed by atoms with E-state index >= 15 is 0 Å². The molecule has 1 amide bonds. The van der Waals surface area contributed by atoms with Crippen LogP contribution in [0.1, 0.15) is 21.6 Å². The highest BCUT2D eigenvalue weighted by Gasteiger charge is 2.29. The molecule has 0 fully saturated rings. The largest absolute Gasteiger partial charge is 0.334 e. The SMILES string of the molecule is CSC(=Nc1cccc2c1CN(CCc1ccccn1)C2=O)NC#N. The van der Waals surface area contributed by atoms with E-state index in [1.807, 2.05) is 53.7 Å². The number of amidine groups is 1. The number of carbonyl (C=O) groups is 1. The van der Waals surface area contributed by atoms with Gasteiger partial charge in [0.2, 0.25) is 0 Å². The molecule has 0 radical (unpaired) electrons. The van der Waals surface area contributed by atoms with Crippen LogP contribution in [0.25, 0.3) is 0 Å². The predicted molar refractivity (Wildman–Crippen MR) is 98.5 cm³/mol. The monoisotopic (exact) mass is 351 g/mol. The predicted octanol–water partition coefficient (Wildman–Crippen LogP) is 2.70. The van der Waals surface area contributed by atoms with Crippen LogP contribution < -0.4 is 5.32 Å². The van der Waals surface area contributed by atoms with Gasteiger partial charge in [-0.05, 0) is 30.5 Å². The fraction of sp³-hybridized carbons (Fsp3) is 0.222. The van der Waals surface area contributed by atoms with Gasteiger partial charge in [-0.25, -0.2) is 4.99 Å². The van der Waals surface area contributed by atoms with Crippen molar-refractivity contribution in [2.45, 2.75) is 13.0 Å². The van der Waals surface area contributed by atoms with E-state index in [9.17, 15) is 4.79 Å². The van der Waals surface area contributed by atoms with E-state index in [0.29, 0.717) is 30.2 Å². The second-order valence-corrected chi connectivity index (χ2v) is 6.25. The van der Waals surface area contributed by atoms with Gasteiger partial charge in [-0.3, -0.25) is 15.1 Å². The summed E-state index contributed by atoms with van der Waals surface area (Å²) in [5.74, 6) is 0.0157. The zero-order valence-corrected chi connectivity index (χ0v) is 14.6. The average Bonchev–Trinajstić information content (AvgIpc) is 2.97. The van der Waals surface area contributed by atoms with Crippen LogP contribution in [-0.4, -0.2) is 33.8 Å². The van der Waals surface area contributed by atoms with Crippen LogP contribution in [0, 0.1) is 11.5 Å². The molecule has 6 nitrogen and oxygen atoms in total. The number of nitriles is 1. The molecule has 0 spiro atoms. The third-order valence-corrected chi connectivity index (χ3v) is 4.54. The van der Waals surface area contributed by atoms with Crippen LogP contribution in [0.15, 0.2) is 47.6 Å². The quantitative estimate of drug-likeness (QED) is 0.396. The zero-order valence-electron chi connectivity index (χ0n) is 13.8. The third kappa shape index (κ3) is 3.80. The highest BCUT2D eigenvalue weighted by Crippen LogP contribution is 2.31. The number of fused-ring (bicyclic) bond motifs is 1. The molecule has 2 aromatic rings. The first-order valence-electron chi connectivity index (χ1n) is 7.81. The molecular formula is C18H17N5OS. The smallest absolute Gasteiger partial charge is 0.254 e. The van der Waals surface area contributed by atoms with E-state index < -0.39 is 0 Å². The number of thioether (sulfide) groups is 1. The molecule has 0 saturated carbocycles. The number of nitrogens with one attached hydrogen (secondary N) is 1. The summed E-state index contributed by atoms with van der Waals surface area (Å²) in [6, 6.07) is 11.3. The maximum absolute atomic E-state index is 12.6. The standard InChI is InChI=1S/C18H17N5OS/c1-25-18(21-12-19)22-16-7-4-6-14-15(16)11-23(17(14)24)10-8-13-5-2-3-9-20-13/h2-7,9H,8,10-11H2,1H3,(H,21,22). The Morgan fingerprint density at radius 1 is 1.40 bits per heavy atom. The molecule has 1 aromatic heterocycles. The van der Waals surface area contributed by atoms with Gasteiger partial charge in [0.25, 0.3) is 5.91 Å². The summed E-state index contributed by atoms with van der Waals surface area (Å²) in [6.07, 6.45) is 6.19. The molecule has 25 heavy (non-hydrogen) atoms. The maximum Gasteiger partial charge on any atom is 0.254 e. The Kier molecular flexibility index (Phi) is 5.31. The third-order valence-electron chi connectivity index (χ3n) is 3.96. The van der Waals surface area contributed by atoms with Crippen LogP contribution in [0.3, 0.4) is 0 Å². The Morgan fingerprint density at radius 2 is 2.28 bits per heavy atom. The highest BCUT2D eigenvalue weighted by molar-refractivity contribution is 8.13. The molecule has 0 saturated heterocycles. The lowest BCUT2D eigenvalue weighted by Gasteiger charge is -2.15. The minimum Gasteiger partial charge on any atom is -0.334 e. The number of benzene rings is 1. The highest BCUT2D eigenvalue weighted by atomic mass is 32.2. The number of aliphatic imine (C=N–C) groups is 1. The number of amides is 1. The molecule has 3 rings (SSSR count). The molecule has 1 N–H and O–H groups in total. The molecule has 0 aliphatic carbocycles. The normalized spacial score (nSPS) is 13.5. The van der Waals surface area contributed by atoms with E-state index in [-0.39, 0.29) is 5.91 Å². The summed E-state index contributed by atoms with van der Waals surface area (Å²) in [4.78, 5) is 23.2. The number of rotatable bonds is 4. The number of carbonyl (C=O) groups excluding carboxylic acids is 1. The number of pyridine rings is 1. The Bertz CT molecular complexity index is 844. The second-order valence-electron chi connectivity index (χ2n) is 5.46. The van der Waals surface area contributed by atoms with Gasteiger partial charge in [-0.2, -0.15) is 5.26 Å². The number of hydrogen-bond acceptors (Lipinski definition) is 5.